The van der Waals surface area contributed by atoms with Crippen molar-refractivity contribution in [2.45, 2.75) is 19.3 Å². The number of nitrogens with zero attached hydrogens (tertiary/aromatic N) is 2. The van der Waals surface area contributed by atoms with Crippen LogP contribution in [-0.2, 0) is 4.74 Å². The molecule has 0 N–H and O–H groups in total. The van der Waals surface area contributed by atoms with E-state index < -0.39 is 0 Å². The zero-order chi connectivity index (χ0) is 11.0. The van der Waals surface area contributed by atoms with Crippen molar-refractivity contribution in [2.24, 2.45) is 0 Å². The van der Waals surface area contributed by atoms with E-state index in [2.05, 4.69) is 23.2 Å². The minimum atomic E-state index is 0.280. The number of hydrogen-bond acceptors (Lipinski definition) is 5. The van der Waals surface area contributed by atoms with Crippen LogP contribution in [0.2, 0.25) is 0 Å². The fraction of sp³-hybridized carbons (Fsp3) is 0.455. The molecule has 0 radical (unpaired) electrons. The van der Waals surface area contributed by atoms with Gasteiger partial charge in [-0.3, -0.25) is 0 Å². The van der Waals surface area contributed by atoms with Gasteiger partial charge in [0.25, 0.3) is 5.89 Å². The van der Waals surface area contributed by atoms with Crippen LogP contribution in [-0.4, -0.2) is 23.4 Å². The van der Waals surface area contributed by atoms with Crippen molar-refractivity contribution >= 4 is 11.3 Å². The highest BCUT2D eigenvalue weighted by Crippen LogP contribution is 2.30. The molecular weight excluding hydrogens is 224 g/mol. The standard InChI is InChI=1S/C11H12N2O2S/c1-7-2-3-9(16-7)11-13-12-10(15-11)8-4-5-14-6-8/h2-3,8H,4-6H2,1H3/t8-/m0/s1. The Morgan fingerprint density at radius 3 is 3.00 bits per heavy atom. The topological polar surface area (TPSA) is 48.2 Å². The number of aryl methyl sites for hydroxylation is 1. The number of rotatable bonds is 2. The molecule has 0 saturated carbocycles. The molecule has 3 rings (SSSR count). The van der Waals surface area contributed by atoms with Crippen LogP contribution in [0.25, 0.3) is 10.8 Å². The van der Waals surface area contributed by atoms with Crippen molar-refractivity contribution < 1.29 is 9.15 Å². The smallest absolute Gasteiger partial charge is 0.257 e. The Balaban J connectivity index is 1.87. The van der Waals surface area contributed by atoms with Crippen LogP contribution in [0.4, 0.5) is 0 Å². The normalized spacial score (nSPS) is 20.4. The van der Waals surface area contributed by atoms with Gasteiger partial charge in [0.15, 0.2) is 0 Å². The first kappa shape index (κ1) is 9.99. The zero-order valence-corrected chi connectivity index (χ0v) is 9.79. The van der Waals surface area contributed by atoms with E-state index in [1.54, 1.807) is 11.3 Å². The molecule has 1 atom stereocenters. The average Bonchev–Trinajstić information content (AvgIpc) is 2.97. The Morgan fingerprint density at radius 2 is 2.31 bits per heavy atom. The minimum absolute atomic E-state index is 0.280. The van der Waals surface area contributed by atoms with Gasteiger partial charge in [0, 0.05) is 11.5 Å². The quantitative estimate of drug-likeness (QED) is 0.804. The molecule has 1 saturated heterocycles. The summed E-state index contributed by atoms with van der Waals surface area (Å²) in [5, 5.41) is 8.18. The lowest BCUT2D eigenvalue weighted by Crippen LogP contribution is -1.97. The van der Waals surface area contributed by atoms with E-state index in [-0.39, 0.29) is 5.92 Å². The maximum Gasteiger partial charge on any atom is 0.257 e. The molecule has 2 aromatic heterocycles. The fourth-order valence-electron chi connectivity index (χ4n) is 1.78. The maximum atomic E-state index is 5.68. The largest absolute Gasteiger partial charge is 0.420 e. The predicted octanol–water partition coefficient (Wildman–Crippen LogP) is 2.61. The van der Waals surface area contributed by atoms with E-state index in [0.717, 1.165) is 17.9 Å². The van der Waals surface area contributed by atoms with E-state index in [0.29, 0.717) is 18.4 Å². The Labute approximate surface area is 97.3 Å². The molecule has 0 aromatic carbocycles. The summed E-state index contributed by atoms with van der Waals surface area (Å²) in [6, 6.07) is 4.07. The summed E-state index contributed by atoms with van der Waals surface area (Å²) in [7, 11) is 0. The first-order valence-electron chi connectivity index (χ1n) is 5.31. The summed E-state index contributed by atoms with van der Waals surface area (Å²) in [6.45, 7) is 3.56. The Kier molecular flexibility index (Phi) is 2.49. The molecular formula is C11H12N2O2S. The third kappa shape index (κ3) is 1.76. The van der Waals surface area contributed by atoms with E-state index in [9.17, 15) is 0 Å². The molecule has 1 fully saturated rings. The molecule has 16 heavy (non-hydrogen) atoms. The second kappa shape index (κ2) is 3.99. The molecule has 1 aliphatic heterocycles. The highest BCUT2D eigenvalue weighted by Gasteiger charge is 2.24. The molecule has 4 nitrogen and oxygen atoms in total. The van der Waals surface area contributed by atoms with E-state index in [1.807, 2.05) is 6.07 Å². The molecule has 84 valence electrons. The monoisotopic (exact) mass is 236 g/mol. The molecule has 0 aliphatic carbocycles. The lowest BCUT2D eigenvalue weighted by molar-refractivity contribution is 0.191. The van der Waals surface area contributed by atoms with Gasteiger partial charge >= 0.3 is 0 Å². The number of aromatic nitrogens is 2. The second-order valence-corrected chi connectivity index (χ2v) is 5.20. The SMILES string of the molecule is Cc1ccc(-c2nnc([C@H]3CCOC3)o2)s1. The highest BCUT2D eigenvalue weighted by molar-refractivity contribution is 7.15. The van der Waals surface area contributed by atoms with Crippen LogP contribution in [0.3, 0.4) is 0 Å². The lowest BCUT2D eigenvalue weighted by Gasteiger charge is -1.98. The van der Waals surface area contributed by atoms with Crippen molar-refractivity contribution in [3.05, 3.63) is 22.9 Å². The summed E-state index contributed by atoms with van der Waals surface area (Å²) < 4.78 is 11.0. The molecule has 2 aromatic rings. The van der Waals surface area contributed by atoms with Crippen molar-refractivity contribution in [1.29, 1.82) is 0 Å². The molecule has 0 amide bonds. The average molecular weight is 236 g/mol. The maximum absolute atomic E-state index is 5.68. The van der Waals surface area contributed by atoms with E-state index >= 15 is 0 Å². The van der Waals surface area contributed by atoms with Crippen molar-refractivity contribution in [1.82, 2.24) is 10.2 Å². The Hall–Kier alpha value is -1.20. The van der Waals surface area contributed by atoms with Crippen molar-refractivity contribution in [3.8, 4) is 10.8 Å². The van der Waals surface area contributed by atoms with Gasteiger partial charge in [0.2, 0.25) is 5.89 Å². The number of thiophene rings is 1. The van der Waals surface area contributed by atoms with Gasteiger partial charge < -0.3 is 9.15 Å². The first-order valence-corrected chi connectivity index (χ1v) is 6.12. The second-order valence-electron chi connectivity index (χ2n) is 3.92. The third-order valence-electron chi connectivity index (χ3n) is 2.67. The van der Waals surface area contributed by atoms with Crippen molar-refractivity contribution in [3.63, 3.8) is 0 Å². The summed E-state index contributed by atoms with van der Waals surface area (Å²) >= 11 is 1.67. The zero-order valence-electron chi connectivity index (χ0n) is 8.97. The van der Waals surface area contributed by atoms with Crippen LogP contribution in [0.1, 0.15) is 23.1 Å². The van der Waals surface area contributed by atoms with Crippen LogP contribution in [0.5, 0.6) is 0 Å². The van der Waals surface area contributed by atoms with Gasteiger partial charge in [-0.25, -0.2) is 0 Å². The summed E-state index contributed by atoms with van der Waals surface area (Å²) in [5.74, 6) is 1.61. The van der Waals surface area contributed by atoms with Gasteiger partial charge in [0.1, 0.15) is 0 Å². The third-order valence-corrected chi connectivity index (χ3v) is 3.66. The summed E-state index contributed by atoms with van der Waals surface area (Å²) in [6.07, 6.45) is 0.977. The van der Waals surface area contributed by atoms with Gasteiger partial charge in [-0.2, -0.15) is 0 Å². The van der Waals surface area contributed by atoms with E-state index in [1.165, 1.54) is 4.88 Å². The van der Waals surface area contributed by atoms with Gasteiger partial charge in [-0.1, -0.05) is 0 Å². The molecule has 0 unspecified atom stereocenters. The molecule has 0 bridgehead atoms. The Morgan fingerprint density at radius 1 is 1.38 bits per heavy atom. The number of ether oxygens (including phenoxy) is 1. The van der Waals surface area contributed by atoms with Crippen LogP contribution >= 0.6 is 11.3 Å². The lowest BCUT2D eigenvalue weighted by atomic mass is 10.1. The molecule has 3 heterocycles. The van der Waals surface area contributed by atoms with Crippen LogP contribution in [0, 0.1) is 6.92 Å². The Bertz CT molecular complexity index is 486. The fourth-order valence-corrected chi connectivity index (χ4v) is 2.57. The van der Waals surface area contributed by atoms with Crippen LogP contribution in [0.15, 0.2) is 16.5 Å². The molecule has 5 heteroatoms. The van der Waals surface area contributed by atoms with Gasteiger partial charge in [0.05, 0.1) is 17.4 Å². The highest BCUT2D eigenvalue weighted by atomic mass is 32.1. The number of hydrogen-bond donors (Lipinski definition) is 0. The first-order chi connectivity index (χ1) is 7.83. The van der Waals surface area contributed by atoms with Gasteiger partial charge in [-0.05, 0) is 25.5 Å². The minimum Gasteiger partial charge on any atom is -0.420 e. The predicted molar refractivity (Wildman–Crippen MR) is 60.5 cm³/mol. The van der Waals surface area contributed by atoms with Crippen LogP contribution < -0.4 is 0 Å². The summed E-state index contributed by atoms with van der Waals surface area (Å²) in [5.41, 5.74) is 0. The molecule has 1 aliphatic rings. The molecule has 0 spiro atoms. The van der Waals surface area contributed by atoms with Crippen molar-refractivity contribution in [2.75, 3.05) is 13.2 Å². The van der Waals surface area contributed by atoms with E-state index in [4.69, 9.17) is 9.15 Å². The summed E-state index contributed by atoms with van der Waals surface area (Å²) in [4.78, 5) is 2.29. The van der Waals surface area contributed by atoms with Gasteiger partial charge in [-0.15, -0.1) is 21.5 Å².